The molecule has 7 nitrogen and oxygen atoms in total. The van der Waals surface area contributed by atoms with E-state index >= 15 is 0 Å². The summed E-state index contributed by atoms with van der Waals surface area (Å²) in [6.07, 6.45) is 1.82. The van der Waals surface area contributed by atoms with Crippen LogP contribution in [0.15, 0.2) is 23.1 Å². The third-order valence-electron chi connectivity index (χ3n) is 3.69. The molecule has 0 amide bonds. The van der Waals surface area contributed by atoms with Gasteiger partial charge in [-0.25, -0.2) is 8.42 Å². The van der Waals surface area contributed by atoms with Crippen molar-refractivity contribution in [3.63, 3.8) is 0 Å². The van der Waals surface area contributed by atoms with E-state index in [0.29, 0.717) is 24.7 Å². The number of rotatable bonds is 4. The van der Waals surface area contributed by atoms with E-state index in [1.807, 2.05) is 6.92 Å². The van der Waals surface area contributed by atoms with Crippen LogP contribution in [-0.2, 0) is 10.0 Å². The molecule has 0 spiro atoms. The molecule has 1 atom stereocenters. The van der Waals surface area contributed by atoms with Crippen LogP contribution in [0.3, 0.4) is 0 Å². The van der Waals surface area contributed by atoms with Gasteiger partial charge < -0.3 is 5.32 Å². The number of nitro benzene ring substituents is 1. The van der Waals surface area contributed by atoms with E-state index in [1.54, 1.807) is 7.05 Å². The molecule has 0 aliphatic carbocycles. The molecule has 1 aromatic carbocycles. The van der Waals surface area contributed by atoms with Crippen molar-refractivity contribution in [2.24, 2.45) is 5.92 Å². The largest absolute Gasteiger partial charge is 0.383 e. The maximum absolute atomic E-state index is 12.6. The minimum absolute atomic E-state index is 0.0256. The Morgan fingerprint density at radius 3 is 2.71 bits per heavy atom. The molecule has 2 rings (SSSR count). The number of nitro groups is 1. The first-order chi connectivity index (χ1) is 9.86. The van der Waals surface area contributed by atoms with Gasteiger partial charge in [-0.05, 0) is 30.9 Å². The van der Waals surface area contributed by atoms with Crippen molar-refractivity contribution < 1.29 is 13.3 Å². The third kappa shape index (κ3) is 3.16. The molecule has 0 saturated carbocycles. The molecule has 1 aliphatic heterocycles. The third-order valence-corrected chi connectivity index (χ3v) is 5.55. The smallest absolute Gasteiger partial charge is 0.293 e. The molecule has 0 aromatic heterocycles. The van der Waals surface area contributed by atoms with E-state index in [0.717, 1.165) is 18.9 Å². The Balaban J connectivity index is 2.40. The van der Waals surface area contributed by atoms with Crippen LogP contribution in [0.2, 0.25) is 0 Å². The van der Waals surface area contributed by atoms with Gasteiger partial charge in [-0.3, -0.25) is 10.1 Å². The molecular formula is C13H19N3O4S. The van der Waals surface area contributed by atoms with Crippen LogP contribution in [0, 0.1) is 16.0 Å². The van der Waals surface area contributed by atoms with Gasteiger partial charge >= 0.3 is 0 Å². The van der Waals surface area contributed by atoms with Gasteiger partial charge in [0, 0.05) is 26.2 Å². The van der Waals surface area contributed by atoms with Gasteiger partial charge in [-0.1, -0.05) is 6.92 Å². The number of nitrogens with one attached hydrogen (secondary N) is 1. The summed E-state index contributed by atoms with van der Waals surface area (Å²) < 4.78 is 26.6. The van der Waals surface area contributed by atoms with Gasteiger partial charge in [0.05, 0.1) is 9.82 Å². The number of nitrogens with zero attached hydrogens (tertiary/aromatic N) is 2. The summed E-state index contributed by atoms with van der Waals surface area (Å²) in [6.45, 7) is 2.94. The molecule has 8 heteroatoms. The van der Waals surface area contributed by atoms with Crippen molar-refractivity contribution in [1.29, 1.82) is 0 Å². The highest BCUT2D eigenvalue weighted by Crippen LogP contribution is 2.30. The highest BCUT2D eigenvalue weighted by Gasteiger charge is 2.30. The van der Waals surface area contributed by atoms with Crippen LogP contribution >= 0.6 is 0 Å². The first-order valence-corrected chi connectivity index (χ1v) is 8.26. The normalized spacial score (nSPS) is 20.2. The maximum atomic E-state index is 12.6. The van der Waals surface area contributed by atoms with Gasteiger partial charge in [-0.2, -0.15) is 4.31 Å². The Labute approximate surface area is 124 Å². The van der Waals surface area contributed by atoms with Crippen molar-refractivity contribution in [3.05, 3.63) is 28.3 Å². The molecule has 1 aromatic rings. The van der Waals surface area contributed by atoms with Crippen LogP contribution in [0.25, 0.3) is 0 Å². The Kier molecular flexibility index (Phi) is 4.48. The zero-order valence-electron chi connectivity index (χ0n) is 12.1. The van der Waals surface area contributed by atoms with Gasteiger partial charge in [0.15, 0.2) is 0 Å². The fraction of sp³-hybridized carbons (Fsp3) is 0.538. The number of hydrogen-bond acceptors (Lipinski definition) is 5. The monoisotopic (exact) mass is 313 g/mol. The lowest BCUT2D eigenvalue weighted by Gasteiger charge is -2.30. The molecule has 0 radical (unpaired) electrons. The second-order valence-electron chi connectivity index (χ2n) is 5.30. The Bertz CT molecular complexity index is 645. The summed E-state index contributed by atoms with van der Waals surface area (Å²) >= 11 is 0. The quantitative estimate of drug-likeness (QED) is 0.678. The number of anilines is 1. The predicted octanol–water partition coefficient (Wildman–Crippen LogP) is 2.06. The van der Waals surface area contributed by atoms with Gasteiger partial charge in [0.25, 0.3) is 5.69 Å². The number of piperidine rings is 1. The molecule has 1 N–H and O–H groups in total. The van der Waals surface area contributed by atoms with Crippen molar-refractivity contribution >= 4 is 21.4 Å². The molecular weight excluding hydrogens is 294 g/mol. The highest BCUT2D eigenvalue weighted by molar-refractivity contribution is 7.89. The van der Waals surface area contributed by atoms with Crippen molar-refractivity contribution in [3.8, 4) is 0 Å². The van der Waals surface area contributed by atoms with Crippen molar-refractivity contribution in [2.75, 3.05) is 25.5 Å². The Morgan fingerprint density at radius 1 is 1.43 bits per heavy atom. The average molecular weight is 313 g/mol. The van der Waals surface area contributed by atoms with Gasteiger partial charge in [-0.15, -0.1) is 0 Å². The maximum Gasteiger partial charge on any atom is 0.293 e. The first-order valence-electron chi connectivity index (χ1n) is 6.82. The van der Waals surface area contributed by atoms with E-state index in [2.05, 4.69) is 5.32 Å². The SMILES string of the molecule is CNc1ccc(S(=O)(=O)N2CCC[C@H](C)C2)cc1[N+](=O)[O-]. The summed E-state index contributed by atoms with van der Waals surface area (Å²) in [6, 6.07) is 3.96. The minimum Gasteiger partial charge on any atom is -0.383 e. The van der Waals surface area contributed by atoms with Crippen LogP contribution in [0.5, 0.6) is 0 Å². The summed E-state index contributed by atoms with van der Waals surface area (Å²) in [7, 11) is -2.12. The van der Waals surface area contributed by atoms with Crippen LogP contribution in [-0.4, -0.2) is 37.8 Å². The van der Waals surface area contributed by atoms with Crippen molar-refractivity contribution in [2.45, 2.75) is 24.7 Å². The van der Waals surface area contributed by atoms with Crippen molar-refractivity contribution in [1.82, 2.24) is 4.31 Å². The minimum atomic E-state index is -3.67. The second kappa shape index (κ2) is 5.98. The first kappa shape index (κ1) is 15.7. The lowest BCUT2D eigenvalue weighted by molar-refractivity contribution is -0.384. The average Bonchev–Trinajstić information content (AvgIpc) is 2.46. The summed E-state index contributed by atoms with van der Waals surface area (Å²) in [4.78, 5) is 10.4. The topological polar surface area (TPSA) is 92.6 Å². The van der Waals surface area contributed by atoms with E-state index < -0.39 is 14.9 Å². The highest BCUT2D eigenvalue weighted by atomic mass is 32.2. The fourth-order valence-corrected chi connectivity index (χ4v) is 4.17. The Morgan fingerprint density at radius 2 is 2.14 bits per heavy atom. The molecule has 1 heterocycles. The lowest BCUT2D eigenvalue weighted by atomic mass is 10.0. The van der Waals surface area contributed by atoms with E-state index in [1.165, 1.54) is 16.4 Å². The second-order valence-corrected chi connectivity index (χ2v) is 7.23. The predicted molar refractivity (Wildman–Crippen MR) is 79.8 cm³/mol. The van der Waals surface area contributed by atoms with Crippen LogP contribution in [0.4, 0.5) is 11.4 Å². The van der Waals surface area contributed by atoms with Crippen LogP contribution in [0.1, 0.15) is 19.8 Å². The zero-order chi connectivity index (χ0) is 15.6. The molecule has 1 saturated heterocycles. The summed E-state index contributed by atoms with van der Waals surface area (Å²) in [5.41, 5.74) is 0.0644. The van der Waals surface area contributed by atoms with Gasteiger partial charge in [0.1, 0.15) is 5.69 Å². The van der Waals surface area contributed by atoms with Crippen LogP contribution < -0.4 is 5.32 Å². The molecule has 0 unspecified atom stereocenters. The zero-order valence-corrected chi connectivity index (χ0v) is 12.9. The summed E-state index contributed by atoms with van der Waals surface area (Å²) in [5, 5.41) is 13.7. The standard InChI is InChI=1S/C13H19N3O4S/c1-10-4-3-7-15(9-10)21(19,20)11-5-6-12(14-2)13(8-11)16(17)18/h5-6,8,10,14H,3-4,7,9H2,1-2H3/t10-/m0/s1. The Hall–Kier alpha value is -1.67. The number of benzene rings is 1. The molecule has 21 heavy (non-hydrogen) atoms. The lowest BCUT2D eigenvalue weighted by Crippen LogP contribution is -2.39. The van der Waals surface area contributed by atoms with Gasteiger partial charge in [0.2, 0.25) is 10.0 Å². The molecule has 0 bridgehead atoms. The number of hydrogen-bond donors (Lipinski definition) is 1. The molecule has 1 fully saturated rings. The molecule has 116 valence electrons. The molecule has 1 aliphatic rings. The number of sulfonamides is 1. The summed E-state index contributed by atoms with van der Waals surface area (Å²) in [5.74, 6) is 0.306. The van der Waals surface area contributed by atoms with E-state index in [9.17, 15) is 18.5 Å². The fourth-order valence-electron chi connectivity index (χ4n) is 2.55. The van der Waals surface area contributed by atoms with E-state index in [-0.39, 0.29) is 10.6 Å². The van der Waals surface area contributed by atoms with E-state index in [4.69, 9.17) is 0 Å².